The number of nitrogens with zero attached hydrogens (tertiary/aromatic N) is 1. The summed E-state index contributed by atoms with van der Waals surface area (Å²) in [7, 11) is 0. The van der Waals surface area contributed by atoms with Crippen molar-refractivity contribution in [2.45, 2.75) is 39.7 Å². The van der Waals surface area contributed by atoms with Gasteiger partial charge in [0.05, 0.1) is 0 Å². The molecule has 100 valence electrons. The molecule has 0 amide bonds. The average Bonchev–Trinajstić information content (AvgIpc) is 2.38. The molecule has 0 bridgehead atoms. The zero-order chi connectivity index (χ0) is 13.0. The maximum absolute atomic E-state index is 3.68. The smallest absolute Gasteiger partial charge is 0.0396 e. The lowest BCUT2D eigenvalue weighted by atomic mass is 9.93. The van der Waals surface area contributed by atoms with Crippen LogP contribution in [0.1, 0.15) is 32.3 Å². The van der Waals surface area contributed by atoms with Gasteiger partial charge < -0.3 is 10.2 Å². The molecule has 1 heterocycles. The standard InChI is InChI=1S/C16H26N2/c1-4-10-17-15-9-11-18(12-14(15)3)16-8-6-5-7-13(16)2/h5-8,14-15,17H,4,9-12H2,1-3H3. The topological polar surface area (TPSA) is 15.3 Å². The summed E-state index contributed by atoms with van der Waals surface area (Å²) in [6.07, 6.45) is 2.49. The third kappa shape index (κ3) is 3.05. The van der Waals surface area contributed by atoms with Crippen molar-refractivity contribution in [3.63, 3.8) is 0 Å². The van der Waals surface area contributed by atoms with Crippen LogP contribution in [-0.4, -0.2) is 25.7 Å². The molecule has 1 aromatic rings. The predicted molar refractivity (Wildman–Crippen MR) is 79.3 cm³/mol. The van der Waals surface area contributed by atoms with E-state index in [9.17, 15) is 0 Å². The Morgan fingerprint density at radius 1 is 1.33 bits per heavy atom. The van der Waals surface area contributed by atoms with Crippen LogP contribution < -0.4 is 10.2 Å². The van der Waals surface area contributed by atoms with Crippen LogP contribution in [-0.2, 0) is 0 Å². The number of para-hydroxylation sites is 1. The molecule has 0 spiro atoms. The molecule has 1 aromatic carbocycles. The van der Waals surface area contributed by atoms with Gasteiger partial charge in [-0.15, -0.1) is 0 Å². The minimum Gasteiger partial charge on any atom is -0.371 e. The number of piperidine rings is 1. The van der Waals surface area contributed by atoms with Crippen LogP contribution in [0.3, 0.4) is 0 Å². The molecule has 1 aliphatic rings. The second-order valence-electron chi connectivity index (χ2n) is 5.56. The number of hydrogen-bond acceptors (Lipinski definition) is 2. The quantitative estimate of drug-likeness (QED) is 0.877. The van der Waals surface area contributed by atoms with Gasteiger partial charge in [-0.05, 0) is 43.9 Å². The highest BCUT2D eigenvalue weighted by Gasteiger charge is 2.25. The van der Waals surface area contributed by atoms with Gasteiger partial charge in [-0.1, -0.05) is 32.0 Å². The Labute approximate surface area is 111 Å². The van der Waals surface area contributed by atoms with Crippen LogP contribution in [0.25, 0.3) is 0 Å². The largest absolute Gasteiger partial charge is 0.371 e. The van der Waals surface area contributed by atoms with Crippen molar-refractivity contribution in [1.29, 1.82) is 0 Å². The molecule has 1 N–H and O–H groups in total. The van der Waals surface area contributed by atoms with E-state index in [0.717, 1.165) is 12.5 Å². The third-order valence-corrected chi connectivity index (χ3v) is 4.02. The monoisotopic (exact) mass is 246 g/mol. The lowest BCUT2D eigenvalue weighted by Gasteiger charge is -2.39. The lowest BCUT2D eigenvalue weighted by molar-refractivity contribution is 0.322. The molecule has 2 rings (SSSR count). The fourth-order valence-corrected chi connectivity index (χ4v) is 2.92. The second kappa shape index (κ2) is 6.24. The van der Waals surface area contributed by atoms with E-state index in [2.05, 4.69) is 55.3 Å². The third-order valence-electron chi connectivity index (χ3n) is 4.02. The summed E-state index contributed by atoms with van der Waals surface area (Å²) >= 11 is 0. The Bertz CT molecular complexity index is 375. The van der Waals surface area contributed by atoms with Crippen molar-refractivity contribution in [1.82, 2.24) is 5.32 Å². The van der Waals surface area contributed by atoms with Gasteiger partial charge >= 0.3 is 0 Å². The van der Waals surface area contributed by atoms with Crippen LogP contribution in [0.15, 0.2) is 24.3 Å². The van der Waals surface area contributed by atoms with Gasteiger partial charge in [0.1, 0.15) is 0 Å². The van der Waals surface area contributed by atoms with Crippen molar-refractivity contribution in [3.05, 3.63) is 29.8 Å². The minimum atomic E-state index is 0.699. The second-order valence-corrected chi connectivity index (χ2v) is 5.56. The first-order valence-electron chi connectivity index (χ1n) is 7.26. The van der Waals surface area contributed by atoms with E-state index in [1.807, 2.05) is 0 Å². The Balaban J connectivity index is 1.98. The Kier molecular flexibility index (Phi) is 4.65. The number of aryl methyl sites for hydroxylation is 1. The highest BCUT2D eigenvalue weighted by Crippen LogP contribution is 2.25. The van der Waals surface area contributed by atoms with E-state index in [4.69, 9.17) is 0 Å². The molecular weight excluding hydrogens is 220 g/mol. The number of hydrogen-bond donors (Lipinski definition) is 1. The summed E-state index contributed by atoms with van der Waals surface area (Å²) < 4.78 is 0. The molecule has 0 radical (unpaired) electrons. The SMILES string of the molecule is CCCNC1CCN(c2ccccc2C)CC1C. The van der Waals surface area contributed by atoms with Crippen molar-refractivity contribution in [2.24, 2.45) is 5.92 Å². The summed E-state index contributed by atoms with van der Waals surface area (Å²) in [4.78, 5) is 2.55. The van der Waals surface area contributed by atoms with E-state index >= 15 is 0 Å². The fourth-order valence-electron chi connectivity index (χ4n) is 2.92. The summed E-state index contributed by atoms with van der Waals surface area (Å²) in [5.74, 6) is 0.727. The maximum Gasteiger partial charge on any atom is 0.0396 e. The molecule has 18 heavy (non-hydrogen) atoms. The van der Waals surface area contributed by atoms with Gasteiger partial charge in [0.25, 0.3) is 0 Å². The summed E-state index contributed by atoms with van der Waals surface area (Å²) in [6, 6.07) is 9.43. The minimum absolute atomic E-state index is 0.699. The van der Waals surface area contributed by atoms with E-state index < -0.39 is 0 Å². The maximum atomic E-state index is 3.68. The molecule has 1 saturated heterocycles. The zero-order valence-corrected chi connectivity index (χ0v) is 11.9. The molecule has 0 aromatic heterocycles. The highest BCUT2D eigenvalue weighted by atomic mass is 15.2. The average molecular weight is 246 g/mol. The molecule has 1 aliphatic heterocycles. The highest BCUT2D eigenvalue weighted by molar-refractivity contribution is 5.53. The lowest BCUT2D eigenvalue weighted by Crippen LogP contribution is -2.48. The molecular formula is C16H26N2. The first kappa shape index (κ1) is 13.4. The van der Waals surface area contributed by atoms with Crippen molar-refractivity contribution < 1.29 is 0 Å². The molecule has 0 saturated carbocycles. The number of nitrogens with one attached hydrogen (secondary N) is 1. The molecule has 0 aliphatic carbocycles. The van der Waals surface area contributed by atoms with E-state index in [0.29, 0.717) is 6.04 Å². The molecule has 2 atom stereocenters. The molecule has 2 nitrogen and oxygen atoms in total. The van der Waals surface area contributed by atoms with E-state index in [-0.39, 0.29) is 0 Å². The van der Waals surface area contributed by atoms with E-state index in [1.165, 1.54) is 37.2 Å². The normalized spacial score (nSPS) is 24.3. The van der Waals surface area contributed by atoms with Gasteiger partial charge in [0, 0.05) is 24.8 Å². The van der Waals surface area contributed by atoms with Crippen LogP contribution in [0.4, 0.5) is 5.69 Å². The zero-order valence-electron chi connectivity index (χ0n) is 11.9. The summed E-state index contributed by atoms with van der Waals surface area (Å²) in [5, 5.41) is 3.68. The van der Waals surface area contributed by atoms with E-state index in [1.54, 1.807) is 0 Å². The number of benzene rings is 1. The van der Waals surface area contributed by atoms with Crippen LogP contribution in [0, 0.1) is 12.8 Å². The molecule has 2 heteroatoms. The van der Waals surface area contributed by atoms with Crippen LogP contribution in [0.2, 0.25) is 0 Å². The predicted octanol–water partition coefficient (Wildman–Crippen LogP) is 3.21. The fraction of sp³-hybridized carbons (Fsp3) is 0.625. The molecule has 1 fully saturated rings. The van der Waals surface area contributed by atoms with Gasteiger partial charge in [-0.2, -0.15) is 0 Å². The van der Waals surface area contributed by atoms with Gasteiger partial charge in [0.15, 0.2) is 0 Å². The Morgan fingerprint density at radius 3 is 2.78 bits per heavy atom. The molecule has 2 unspecified atom stereocenters. The number of anilines is 1. The summed E-state index contributed by atoms with van der Waals surface area (Å²) in [6.45, 7) is 10.3. The van der Waals surface area contributed by atoms with Crippen molar-refractivity contribution in [2.75, 3.05) is 24.5 Å². The number of rotatable bonds is 4. The first-order valence-corrected chi connectivity index (χ1v) is 7.26. The van der Waals surface area contributed by atoms with Crippen LogP contribution in [0.5, 0.6) is 0 Å². The first-order chi connectivity index (χ1) is 8.72. The van der Waals surface area contributed by atoms with Gasteiger partial charge in [-0.3, -0.25) is 0 Å². The van der Waals surface area contributed by atoms with Crippen molar-refractivity contribution in [3.8, 4) is 0 Å². The van der Waals surface area contributed by atoms with Gasteiger partial charge in [-0.25, -0.2) is 0 Å². The van der Waals surface area contributed by atoms with Crippen molar-refractivity contribution >= 4 is 5.69 Å². The Morgan fingerprint density at radius 2 is 2.11 bits per heavy atom. The van der Waals surface area contributed by atoms with Crippen LogP contribution >= 0.6 is 0 Å². The van der Waals surface area contributed by atoms with Gasteiger partial charge in [0.2, 0.25) is 0 Å². The summed E-state index contributed by atoms with van der Waals surface area (Å²) in [5.41, 5.74) is 2.81. The Hall–Kier alpha value is -1.02.